The second-order valence-electron chi connectivity index (χ2n) is 14.2. The van der Waals surface area contributed by atoms with Crippen molar-refractivity contribution in [2.24, 2.45) is 0 Å². The number of hydrogen-bond donors (Lipinski definition) is 0. The van der Waals surface area contributed by atoms with Gasteiger partial charge < -0.3 is 9.47 Å². The quantitative estimate of drug-likeness (QED) is 0.0573. The monoisotopic (exact) mass is 613 g/mol. The van der Waals surface area contributed by atoms with E-state index < -0.39 is 0 Å². The largest absolute Gasteiger partial charge is 0.344 e. The molecule has 0 bridgehead atoms. The molecule has 1 aliphatic heterocycles. The Balaban J connectivity index is 1.45. The number of allylic oxidation sites excluding steroid dienone is 6. The van der Waals surface area contributed by atoms with E-state index in [2.05, 4.69) is 50.3 Å². The first-order valence-electron chi connectivity index (χ1n) is 20.1. The van der Waals surface area contributed by atoms with Gasteiger partial charge in [0.05, 0.1) is 12.2 Å². The first-order valence-corrected chi connectivity index (χ1v) is 20.1. The van der Waals surface area contributed by atoms with Gasteiger partial charge in [0.25, 0.3) is 0 Å². The molecule has 0 aromatic rings. The summed E-state index contributed by atoms with van der Waals surface area (Å²) >= 11 is 0. The van der Waals surface area contributed by atoms with Crippen LogP contribution in [0.3, 0.4) is 0 Å². The highest BCUT2D eigenvalue weighted by molar-refractivity contribution is 4.93. The standard InChI is InChI=1S/C42H76O2/c1-3-5-7-9-11-13-15-17-19-21-23-25-27-29-31-33-38-42(43-40-36-35-37-41(40)44-42)39-34-32-30-28-26-24-22-20-18-16-14-12-10-8-6-4-2/h11,13,17-20,40-41H,3-10,12,14-16,21-39H2,1-2H3. The SMILES string of the molecule is CCCCCC=CCC=CCCCCCCCCC1(CCCCCCCCC=CCCCCCCCC)OC2CCCC2O1. The predicted octanol–water partition coefficient (Wildman–Crippen LogP) is 14.3. The predicted molar refractivity (Wildman–Crippen MR) is 194 cm³/mol. The average molecular weight is 613 g/mol. The lowest BCUT2D eigenvalue weighted by Crippen LogP contribution is -2.31. The van der Waals surface area contributed by atoms with Crippen molar-refractivity contribution in [2.75, 3.05) is 0 Å². The summed E-state index contributed by atoms with van der Waals surface area (Å²) in [6, 6.07) is 0. The van der Waals surface area contributed by atoms with Gasteiger partial charge in [-0.3, -0.25) is 0 Å². The molecule has 2 unspecified atom stereocenters. The van der Waals surface area contributed by atoms with Crippen molar-refractivity contribution in [3.05, 3.63) is 36.5 Å². The highest BCUT2D eigenvalue weighted by atomic mass is 16.8. The van der Waals surface area contributed by atoms with Crippen LogP contribution in [0.4, 0.5) is 0 Å². The molecular weight excluding hydrogens is 536 g/mol. The molecule has 1 saturated heterocycles. The topological polar surface area (TPSA) is 18.5 Å². The molecule has 1 saturated carbocycles. The van der Waals surface area contributed by atoms with Gasteiger partial charge in [0, 0.05) is 12.8 Å². The number of rotatable bonds is 31. The molecule has 1 heterocycles. The van der Waals surface area contributed by atoms with E-state index in [0.29, 0.717) is 12.2 Å². The van der Waals surface area contributed by atoms with Crippen LogP contribution in [0.15, 0.2) is 36.5 Å². The molecule has 2 rings (SSSR count). The number of hydrogen-bond acceptors (Lipinski definition) is 2. The third-order valence-corrected chi connectivity index (χ3v) is 9.95. The summed E-state index contributed by atoms with van der Waals surface area (Å²) in [7, 11) is 0. The molecule has 0 amide bonds. The molecule has 0 N–H and O–H groups in total. The molecule has 1 aliphatic carbocycles. The lowest BCUT2D eigenvalue weighted by Gasteiger charge is -2.29. The molecule has 44 heavy (non-hydrogen) atoms. The first-order chi connectivity index (χ1) is 21.8. The molecule has 256 valence electrons. The molecule has 2 fully saturated rings. The van der Waals surface area contributed by atoms with Gasteiger partial charge in [0.15, 0.2) is 5.79 Å². The Kier molecular flexibility index (Phi) is 25.4. The van der Waals surface area contributed by atoms with Crippen molar-refractivity contribution in [2.45, 2.75) is 231 Å². The summed E-state index contributed by atoms with van der Waals surface area (Å²) in [6.45, 7) is 4.57. The van der Waals surface area contributed by atoms with E-state index in [1.165, 1.54) is 180 Å². The van der Waals surface area contributed by atoms with Crippen LogP contribution >= 0.6 is 0 Å². The van der Waals surface area contributed by atoms with Gasteiger partial charge in [0.2, 0.25) is 0 Å². The third kappa shape index (κ3) is 20.3. The van der Waals surface area contributed by atoms with Crippen LogP contribution in [0.2, 0.25) is 0 Å². The van der Waals surface area contributed by atoms with Gasteiger partial charge in [-0.25, -0.2) is 0 Å². The maximum absolute atomic E-state index is 6.68. The van der Waals surface area contributed by atoms with Crippen molar-refractivity contribution in [1.29, 1.82) is 0 Å². The summed E-state index contributed by atoms with van der Waals surface area (Å²) in [6.07, 6.45) is 55.8. The molecule has 0 aromatic heterocycles. The van der Waals surface area contributed by atoms with Crippen LogP contribution < -0.4 is 0 Å². The van der Waals surface area contributed by atoms with Crippen LogP contribution in [0.5, 0.6) is 0 Å². The third-order valence-electron chi connectivity index (χ3n) is 9.95. The lowest BCUT2D eigenvalue weighted by atomic mass is 9.98. The van der Waals surface area contributed by atoms with E-state index in [9.17, 15) is 0 Å². The van der Waals surface area contributed by atoms with E-state index in [4.69, 9.17) is 9.47 Å². The zero-order valence-electron chi connectivity index (χ0n) is 29.9. The Morgan fingerprint density at radius 1 is 0.432 bits per heavy atom. The van der Waals surface area contributed by atoms with Gasteiger partial charge in [-0.15, -0.1) is 0 Å². The van der Waals surface area contributed by atoms with Crippen LogP contribution in [-0.4, -0.2) is 18.0 Å². The van der Waals surface area contributed by atoms with Crippen LogP contribution in [-0.2, 0) is 9.47 Å². The first kappa shape index (κ1) is 39.3. The van der Waals surface area contributed by atoms with E-state index in [1.807, 2.05) is 0 Å². The van der Waals surface area contributed by atoms with E-state index in [1.54, 1.807) is 0 Å². The van der Waals surface area contributed by atoms with E-state index >= 15 is 0 Å². The van der Waals surface area contributed by atoms with E-state index in [0.717, 1.165) is 19.3 Å². The minimum Gasteiger partial charge on any atom is -0.344 e. The number of fused-ring (bicyclic) bond motifs is 1. The van der Waals surface area contributed by atoms with Crippen molar-refractivity contribution in [1.82, 2.24) is 0 Å². The maximum Gasteiger partial charge on any atom is 0.169 e. The molecule has 2 heteroatoms. The summed E-state index contributed by atoms with van der Waals surface area (Å²) in [5, 5.41) is 0. The molecule has 2 atom stereocenters. The van der Waals surface area contributed by atoms with Gasteiger partial charge in [-0.05, 0) is 89.9 Å². The smallest absolute Gasteiger partial charge is 0.169 e. The second kappa shape index (κ2) is 28.4. The minimum absolute atomic E-state index is 0.258. The Bertz CT molecular complexity index is 695. The van der Waals surface area contributed by atoms with Gasteiger partial charge >= 0.3 is 0 Å². The van der Waals surface area contributed by atoms with Crippen LogP contribution in [0.25, 0.3) is 0 Å². The fraction of sp³-hybridized carbons (Fsp3) is 0.857. The lowest BCUT2D eigenvalue weighted by molar-refractivity contribution is -0.190. The molecule has 0 radical (unpaired) electrons. The van der Waals surface area contributed by atoms with Gasteiger partial charge in [-0.1, -0.05) is 147 Å². The maximum atomic E-state index is 6.68. The normalized spacial score (nSPS) is 22.0. The molecule has 2 aliphatic rings. The zero-order valence-corrected chi connectivity index (χ0v) is 29.9. The molecule has 0 aromatic carbocycles. The van der Waals surface area contributed by atoms with Gasteiger partial charge in [-0.2, -0.15) is 0 Å². The van der Waals surface area contributed by atoms with Crippen molar-refractivity contribution >= 4 is 0 Å². The Morgan fingerprint density at radius 2 is 0.773 bits per heavy atom. The van der Waals surface area contributed by atoms with Crippen molar-refractivity contribution in [3.8, 4) is 0 Å². The minimum atomic E-state index is -0.258. The fourth-order valence-electron chi connectivity index (χ4n) is 7.13. The summed E-state index contributed by atoms with van der Waals surface area (Å²) in [4.78, 5) is 0. The summed E-state index contributed by atoms with van der Waals surface area (Å²) < 4.78 is 13.4. The summed E-state index contributed by atoms with van der Waals surface area (Å²) in [5.41, 5.74) is 0. The zero-order chi connectivity index (χ0) is 31.2. The Hall–Kier alpha value is -0.860. The Labute approximate surface area is 276 Å². The van der Waals surface area contributed by atoms with Crippen LogP contribution in [0.1, 0.15) is 213 Å². The average Bonchev–Trinajstić information content (AvgIpc) is 3.60. The van der Waals surface area contributed by atoms with Crippen molar-refractivity contribution < 1.29 is 9.47 Å². The molecule has 0 spiro atoms. The fourth-order valence-corrected chi connectivity index (χ4v) is 7.13. The number of unbranched alkanes of at least 4 members (excludes halogenated alkanes) is 21. The Morgan fingerprint density at radius 3 is 1.23 bits per heavy atom. The van der Waals surface area contributed by atoms with Crippen LogP contribution in [0, 0.1) is 0 Å². The molecule has 2 nitrogen and oxygen atoms in total. The number of ether oxygens (including phenoxy) is 2. The highest BCUT2D eigenvalue weighted by Crippen LogP contribution is 2.43. The highest BCUT2D eigenvalue weighted by Gasteiger charge is 2.48. The second-order valence-corrected chi connectivity index (χ2v) is 14.2. The van der Waals surface area contributed by atoms with E-state index in [-0.39, 0.29) is 5.79 Å². The van der Waals surface area contributed by atoms with Gasteiger partial charge in [0.1, 0.15) is 0 Å². The van der Waals surface area contributed by atoms with Crippen molar-refractivity contribution in [3.63, 3.8) is 0 Å². The molecular formula is C42H76O2. The summed E-state index contributed by atoms with van der Waals surface area (Å²) in [5.74, 6) is -0.258.